The summed E-state index contributed by atoms with van der Waals surface area (Å²) in [6.45, 7) is 3.68. The molecule has 2 atom stereocenters. The molecule has 0 radical (unpaired) electrons. The van der Waals surface area contributed by atoms with E-state index in [1.165, 1.54) is 24.8 Å². The van der Waals surface area contributed by atoms with Crippen LogP contribution in [0.3, 0.4) is 0 Å². The summed E-state index contributed by atoms with van der Waals surface area (Å²) in [4.78, 5) is 0. The molecule has 3 heteroatoms. The van der Waals surface area contributed by atoms with Crippen LogP contribution in [-0.4, -0.2) is 24.2 Å². The molecule has 1 aliphatic rings. The van der Waals surface area contributed by atoms with Crippen molar-refractivity contribution in [1.82, 2.24) is 5.32 Å². The number of hydrogen-bond acceptors (Lipinski definition) is 3. The van der Waals surface area contributed by atoms with Crippen molar-refractivity contribution in [3.05, 3.63) is 29.8 Å². The van der Waals surface area contributed by atoms with E-state index in [1.807, 2.05) is 24.8 Å². The summed E-state index contributed by atoms with van der Waals surface area (Å²) in [6, 6.07) is 8.99. The number of thioether (sulfide) groups is 1. The van der Waals surface area contributed by atoms with E-state index in [0.717, 1.165) is 24.2 Å². The lowest BCUT2D eigenvalue weighted by molar-refractivity contribution is 0.334. The molecular formula is C15H23NOS. The topological polar surface area (TPSA) is 21.3 Å². The summed E-state index contributed by atoms with van der Waals surface area (Å²) in [7, 11) is 0. The molecule has 0 bridgehead atoms. The summed E-state index contributed by atoms with van der Waals surface area (Å²) in [5, 5.41) is 4.48. The molecule has 0 amide bonds. The van der Waals surface area contributed by atoms with Gasteiger partial charge in [-0.1, -0.05) is 24.6 Å². The molecule has 1 aromatic rings. The van der Waals surface area contributed by atoms with Crippen LogP contribution in [0.4, 0.5) is 0 Å². The Morgan fingerprint density at radius 3 is 2.94 bits per heavy atom. The predicted octanol–water partition coefficient (Wildman–Crippen LogP) is 3.46. The molecule has 1 saturated carbocycles. The molecule has 1 fully saturated rings. The summed E-state index contributed by atoms with van der Waals surface area (Å²) >= 11 is 2.00. The SMILES string of the molecule is CCOc1ccccc1CNC1CCCC1SC. The number of nitrogens with one attached hydrogen (secondary N) is 1. The van der Waals surface area contributed by atoms with Crippen molar-refractivity contribution >= 4 is 11.8 Å². The Hall–Kier alpha value is -0.670. The largest absolute Gasteiger partial charge is 0.494 e. The van der Waals surface area contributed by atoms with E-state index < -0.39 is 0 Å². The second-order valence-corrected chi connectivity index (χ2v) is 5.81. The molecule has 18 heavy (non-hydrogen) atoms. The van der Waals surface area contributed by atoms with Crippen LogP contribution in [0.1, 0.15) is 31.7 Å². The zero-order chi connectivity index (χ0) is 12.8. The standard InChI is InChI=1S/C15H23NOS/c1-3-17-14-9-5-4-7-12(14)11-16-13-8-6-10-15(13)18-2/h4-5,7,9,13,15-16H,3,6,8,10-11H2,1-2H3. The molecule has 100 valence electrons. The van der Waals surface area contributed by atoms with Gasteiger partial charge in [-0.15, -0.1) is 0 Å². The zero-order valence-electron chi connectivity index (χ0n) is 11.3. The smallest absolute Gasteiger partial charge is 0.123 e. The lowest BCUT2D eigenvalue weighted by Crippen LogP contribution is -2.33. The number of benzene rings is 1. The van der Waals surface area contributed by atoms with Gasteiger partial charge in [0, 0.05) is 23.4 Å². The van der Waals surface area contributed by atoms with Gasteiger partial charge >= 0.3 is 0 Å². The van der Waals surface area contributed by atoms with Crippen molar-refractivity contribution < 1.29 is 4.74 Å². The number of ether oxygens (including phenoxy) is 1. The highest BCUT2D eigenvalue weighted by Crippen LogP contribution is 2.29. The fraction of sp³-hybridized carbons (Fsp3) is 0.600. The molecule has 1 N–H and O–H groups in total. The minimum Gasteiger partial charge on any atom is -0.494 e. The highest BCUT2D eigenvalue weighted by molar-refractivity contribution is 7.99. The van der Waals surface area contributed by atoms with Crippen LogP contribution in [0, 0.1) is 0 Å². The summed E-state index contributed by atoms with van der Waals surface area (Å²) in [5.74, 6) is 1.02. The normalized spacial score (nSPS) is 23.2. The Morgan fingerprint density at radius 1 is 1.33 bits per heavy atom. The molecule has 0 aliphatic heterocycles. The molecule has 0 saturated heterocycles. The van der Waals surface area contributed by atoms with E-state index in [2.05, 4.69) is 29.8 Å². The van der Waals surface area contributed by atoms with Crippen molar-refractivity contribution in [2.45, 2.75) is 44.0 Å². The lowest BCUT2D eigenvalue weighted by atomic mass is 10.1. The van der Waals surface area contributed by atoms with Crippen LogP contribution in [0.15, 0.2) is 24.3 Å². The van der Waals surface area contributed by atoms with Gasteiger partial charge < -0.3 is 10.1 Å². The van der Waals surface area contributed by atoms with E-state index >= 15 is 0 Å². The van der Waals surface area contributed by atoms with Gasteiger partial charge in [-0.05, 0) is 32.1 Å². The average molecular weight is 265 g/mol. The third kappa shape index (κ3) is 3.42. The first-order valence-corrected chi connectivity index (χ1v) is 8.10. The fourth-order valence-electron chi connectivity index (χ4n) is 2.63. The first kappa shape index (κ1) is 13.8. The van der Waals surface area contributed by atoms with Gasteiger partial charge in [0.15, 0.2) is 0 Å². The van der Waals surface area contributed by atoms with Gasteiger partial charge in [0.2, 0.25) is 0 Å². The quantitative estimate of drug-likeness (QED) is 0.851. The third-order valence-electron chi connectivity index (χ3n) is 3.58. The molecule has 0 heterocycles. The van der Waals surface area contributed by atoms with Crippen molar-refractivity contribution in [3.8, 4) is 5.75 Å². The van der Waals surface area contributed by atoms with Crippen LogP contribution < -0.4 is 10.1 Å². The Morgan fingerprint density at radius 2 is 2.17 bits per heavy atom. The van der Waals surface area contributed by atoms with Gasteiger partial charge in [-0.25, -0.2) is 0 Å². The molecule has 0 spiro atoms. The van der Waals surface area contributed by atoms with Crippen molar-refractivity contribution in [2.75, 3.05) is 12.9 Å². The Kier molecular flexibility index (Phi) is 5.39. The molecular weight excluding hydrogens is 242 g/mol. The maximum absolute atomic E-state index is 5.66. The molecule has 2 rings (SSSR count). The molecule has 2 nitrogen and oxygen atoms in total. The van der Waals surface area contributed by atoms with E-state index in [-0.39, 0.29) is 0 Å². The van der Waals surface area contributed by atoms with Crippen molar-refractivity contribution in [2.24, 2.45) is 0 Å². The van der Waals surface area contributed by atoms with Crippen LogP contribution >= 0.6 is 11.8 Å². The fourth-order valence-corrected chi connectivity index (χ4v) is 3.59. The number of rotatable bonds is 6. The van der Waals surface area contributed by atoms with Crippen LogP contribution in [0.2, 0.25) is 0 Å². The van der Waals surface area contributed by atoms with Gasteiger partial charge in [0.05, 0.1) is 6.61 Å². The highest BCUT2D eigenvalue weighted by Gasteiger charge is 2.25. The minimum atomic E-state index is 0.662. The lowest BCUT2D eigenvalue weighted by Gasteiger charge is -2.20. The first-order valence-electron chi connectivity index (χ1n) is 6.82. The summed E-state index contributed by atoms with van der Waals surface area (Å²) in [6.07, 6.45) is 6.24. The number of hydrogen-bond donors (Lipinski definition) is 1. The average Bonchev–Trinajstić information content (AvgIpc) is 2.85. The van der Waals surface area contributed by atoms with E-state index in [0.29, 0.717) is 6.04 Å². The summed E-state index contributed by atoms with van der Waals surface area (Å²) < 4.78 is 5.66. The van der Waals surface area contributed by atoms with E-state index in [4.69, 9.17) is 4.74 Å². The van der Waals surface area contributed by atoms with Gasteiger partial charge in [0.25, 0.3) is 0 Å². The number of para-hydroxylation sites is 1. The second-order valence-electron chi connectivity index (χ2n) is 4.73. The Labute approximate surface area is 114 Å². The van der Waals surface area contributed by atoms with E-state index in [9.17, 15) is 0 Å². The predicted molar refractivity (Wildman–Crippen MR) is 79.4 cm³/mol. The van der Waals surface area contributed by atoms with Crippen LogP contribution in [-0.2, 0) is 6.54 Å². The maximum atomic E-state index is 5.66. The molecule has 0 aromatic heterocycles. The molecule has 1 aliphatic carbocycles. The second kappa shape index (κ2) is 7.05. The Bertz CT molecular complexity index is 369. The van der Waals surface area contributed by atoms with Crippen LogP contribution in [0.5, 0.6) is 5.75 Å². The maximum Gasteiger partial charge on any atom is 0.123 e. The van der Waals surface area contributed by atoms with E-state index in [1.54, 1.807) is 0 Å². The zero-order valence-corrected chi connectivity index (χ0v) is 12.1. The van der Waals surface area contributed by atoms with Gasteiger partial charge in [-0.3, -0.25) is 0 Å². The molecule has 1 aromatic carbocycles. The molecule has 2 unspecified atom stereocenters. The van der Waals surface area contributed by atoms with Crippen molar-refractivity contribution in [1.29, 1.82) is 0 Å². The van der Waals surface area contributed by atoms with Crippen LogP contribution in [0.25, 0.3) is 0 Å². The van der Waals surface area contributed by atoms with Gasteiger partial charge in [0.1, 0.15) is 5.75 Å². The third-order valence-corrected chi connectivity index (χ3v) is 4.75. The van der Waals surface area contributed by atoms with Gasteiger partial charge in [-0.2, -0.15) is 11.8 Å². The summed E-state index contributed by atoms with van der Waals surface area (Å²) in [5.41, 5.74) is 1.27. The van der Waals surface area contributed by atoms with Crippen molar-refractivity contribution in [3.63, 3.8) is 0 Å². The monoisotopic (exact) mass is 265 g/mol. The minimum absolute atomic E-state index is 0.662. The Balaban J connectivity index is 1.93. The highest BCUT2D eigenvalue weighted by atomic mass is 32.2. The first-order chi connectivity index (χ1) is 8.85.